The number of aliphatic hydroxyl groups is 1. The Morgan fingerprint density at radius 3 is 2.53 bits per heavy atom. The maximum absolute atomic E-state index is 13.1. The fraction of sp³-hybridized carbons (Fsp3) is 0.500. The Morgan fingerprint density at radius 2 is 2.00 bits per heavy atom. The zero-order valence-electron chi connectivity index (χ0n) is 10.1. The van der Waals surface area contributed by atoms with Gasteiger partial charge >= 0.3 is 6.18 Å². The molecule has 108 valence electrons. The average Bonchev–Trinajstić information content (AvgIpc) is 2.27. The Morgan fingerprint density at radius 1 is 1.37 bits per heavy atom. The summed E-state index contributed by atoms with van der Waals surface area (Å²) >= 11 is 5.49. The zero-order chi connectivity index (χ0) is 14.6. The molecule has 0 heterocycles. The number of halogens is 5. The number of aliphatic hydroxyl groups excluding tert-OH is 1. The van der Waals surface area contributed by atoms with Crippen molar-refractivity contribution in [1.29, 1.82) is 0 Å². The van der Waals surface area contributed by atoms with E-state index in [2.05, 4.69) is 5.32 Å². The van der Waals surface area contributed by atoms with Crippen LogP contribution in [-0.4, -0.2) is 23.9 Å². The lowest BCUT2D eigenvalue weighted by molar-refractivity contribution is -0.139. The lowest BCUT2D eigenvalue weighted by Crippen LogP contribution is -2.34. The van der Waals surface area contributed by atoms with Crippen LogP contribution >= 0.6 is 11.6 Å². The molecule has 0 aliphatic heterocycles. The molecule has 2 unspecified atom stereocenters. The zero-order valence-corrected chi connectivity index (χ0v) is 10.9. The van der Waals surface area contributed by atoms with Gasteiger partial charge in [0, 0.05) is 12.6 Å². The molecule has 1 rings (SSSR count). The molecular weight excluding hydrogens is 286 g/mol. The smallest absolute Gasteiger partial charge is 0.387 e. The summed E-state index contributed by atoms with van der Waals surface area (Å²) in [5.74, 6) is -0.679. The first-order valence-electron chi connectivity index (χ1n) is 5.62. The maximum Gasteiger partial charge on any atom is 0.390 e. The lowest BCUT2D eigenvalue weighted by Gasteiger charge is -2.18. The fourth-order valence-corrected chi connectivity index (χ4v) is 1.69. The summed E-state index contributed by atoms with van der Waals surface area (Å²) in [6.45, 7) is 1.26. The topological polar surface area (TPSA) is 32.3 Å². The first kappa shape index (κ1) is 16.2. The van der Waals surface area contributed by atoms with Gasteiger partial charge in [-0.15, -0.1) is 0 Å². The first-order valence-corrected chi connectivity index (χ1v) is 6.00. The molecule has 0 aliphatic carbocycles. The van der Waals surface area contributed by atoms with Crippen LogP contribution < -0.4 is 5.32 Å². The highest BCUT2D eigenvalue weighted by Gasteiger charge is 2.29. The summed E-state index contributed by atoms with van der Waals surface area (Å²) in [6.07, 6.45) is -6.35. The molecule has 0 bridgehead atoms. The maximum atomic E-state index is 13.1. The molecule has 0 amide bonds. The van der Waals surface area contributed by atoms with Gasteiger partial charge in [0.2, 0.25) is 0 Å². The van der Waals surface area contributed by atoms with Gasteiger partial charge in [-0.3, -0.25) is 0 Å². The molecule has 2 N–H and O–H groups in total. The van der Waals surface area contributed by atoms with Gasteiger partial charge in [0.05, 0.1) is 17.5 Å². The number of nitrogens with one attached hydrogen (secondary N) is 1. The van der Waals surface area contributed by atoms with Gasteiger partial charge in [0.1, 0.15) is 5.82 Å². The number of benzene rings is 1. The molecule has 0 spiro atoms. The van der Waals surface area contributed by atoms with Crippen LogP contribution in [0.2, 0.25) is 5.02 Å². The van der Waals surface area contributed by atoms with Gasteiger partial charge < -0.3 is 10.4 Å². The summed E-state index contributed by atoms with van der Waals surface area (Å²) in [6, 6.07) is 2.94. The van der Waals surface area contributed by atoms with Crippen molar-refractivity contribution in [2.45, 2.75) is 31.7 Å². The Kier molecular flexibility index (Phi) is 5.58. The summed E-state index contributed by atoms with van der Waals surface area (Å²) in [5.41, 5.74) is 0.258. The van der Waals surface area contributed by atoms with E-state index in [9.17, 15) is 22.7 Å². The van der Waals surface area contributed by atoms with Crippen LogP contribution in [0.4, 0.5) is 17.6 Å². The molecule has 2 atom stereocenters. The molecular formula is C12H14ClF4NO. The van der Waals surface area contributed by atoms with E-state index in [0.717, 1.165) is 6.07 Å². The second kappa shape index (κ2) is 6.54. The van der Waals surface area contributed by atoms with Gasteiger partial charge in [-0.1, -0.05) is 17.7 Å². The molecule has 0 fully saturated rings. The van der Waals surface area contributed by atoms with Crippen LogP contribution in [-0.2, 0) is 0 Å². The summed E-state index contributed by atoms with van der Waals surface area (Å²) in [4.78, 5) is 0. The standard InChI is InChI=1S/C12H14ClF4NO/c1-7(5-12(15,16)17)18-6-11(19)8-2-3-9(13)10(14)4-8/h2-4,7,11,18-19H,5-6H2,1H3. The third-order valence-electron chi connectivity index (χ3n) is 2.53. The van der Waals surface area contributed by atoms with Gasteiger partial charge in [-0.2, -0.15) is 13.2 Å². The second-order valence-electron chi connectivity index (χ2n) is 4.32. The molecule has 7 heteroatoms. The van der Waals surface area contributed by atoms with E-state index in [1.165, 1.54) is 19.1 Å². The van der Waals surface area contributed by atoms with Crippen LogP contribution in [0.5, 0.6) is 0 Å². The number of alkyl halides is 3. The van der Waals surface area contributed by atoms with Crippen molar-refractivity contribution in [3.8, 4) is 0 Å². The molecule has 0 saturated heterocycles. The highest BCUT2D eigenvalue weighted by Crippen LogP contribution is 2.22. The SMILES string of the molecule is CC(CC(F)(F)F)NCC(O)c1ccc(Cl)c(F)c1. The minimum atomic E-state index is -4.26. The number of hydrogen-bond acceptors (Lipinski definition) is 2. The minimum Gasteiger partial charge on any atom is -0.387 e. The molecule has 0 aliphatic rings. The molecule has 0 saturated carbocycles. The van der Waals surface area contributed by atoms with Crippen molar-refractivity contribution < 1.29 is 22.7 Å². The Balaban J connectivity index is 2.51. The summed E-state index contributed by atoms with van der Waals surface area (Å²) in [7, 11) is 0. The molecule has 1 aromatic carbocycles. The Hall–Kier alpha value is -0.850. The Labute approximate surface area is 113 Å². The van der Waals surface area contributed by atoms with E-state index >= 15 is 0 Å². The summed E-state index contributed by atoms with van der Waals surface area (Å²) < 4.78 is 49.4. The predicted octanol–water partition coefficient (Wildman–Crippen LogP) is 3.44. The van der Waals surface area contributed by atoms with Gasteiger partial charge in [-0.25, -0.2) is 4.39 Å². The van der Waals surface area contributed by atoms with Crippen molar-refractivity contribution in [3.05, 3.63) is 34.6 Å². The van der Waals surface area contributed by atoms with Gasteiger partial charge in [0.25, 0.3) is 0 Å². The average molecular weight is 300 g/mol. The van der Waals surface area contributed by atoms with Gasteiger partial charge in [-0.05, 0) is 24.6 Å². The molecule has 0 aromatic heterocycles. The van der Waals surface area contributed by atoms with E-state index in [4.69, 9.17) is 11.6 Å². The van der Waals surface area contributed by atoms with E-state index in [0.29, 0.717) is 0 Å². The quantitative estimate of drug-likeness (QED) is 0.816. The van der Waals surface area contributed by atoms with E-state index in [1.54, 1.807) is 0 Å². The van der Waals surface area contributed by atoms with Crippen molar-refractivity contribution in [2.75, 3.05) is 6.54 Å². The highest BCUT2D eigenvalue weighted by molar-refractivity contribution is 6.30. The van der Waals surface area contributed by atoms with Crippen LogP contribution in [0.25, 0.3) is 0 Å². The minimum absolute atomic E-state index is 0.0747. The molecule has 0 radical (unpaired) electrons. The normalized spacial score (nSPS) is 15.3. The number of hydrogen-bond donors (Lipinski definition) is 2. The second-order valence-corrected chi connectivity index (χ2v) is 4.73. The van der Waals surface area contributed by atoms with Crippen LogP contribution in [0.1, 0.15) is 25.0 Å². The fourth-order valence-electron chi connectivity index (χ4n) is 1.57. The lowest BCUT2D eigenvalue weighted by atomic mass is 10.1. The van der Waals surface area contributed by atoms with E-state index in [-0.39, 0.29) is 17.1 Å². The first-order chi connectivity index (χ1) is 8.69. The van der Waals surface area contributed by atoms with E-state index in [1.807, 2.05) is 0 Å². The van der Waals surface area contributed by atoms with E-state index < -0.39 is 30.6 Å². The largest absolute Gasteiger partial charge is 0.390 e. The van der Waals surface area contributed by atoms with Crippen molar-refractivity contribution in [3.63, 3.8) is 0 Å². The molecule has 1 aromatic rings. The van der Waals surface area contributed by atoms with Crippen molar-refractivity contribution in [1.82, 2.24) is 5.32 Å². The van der Waals surface area contributed by atoms with Crippen molar-refractivity contribution >= 4 is 11.6 Å². The number of rotatable bonds is 5. The Bertz CT molecular complexity index is 425. The molecule has 19 heavy (non-hydrogen) atoms. The third kappa shape index (κ3) is 5.76. The predicted molar refractivity (Wildman–Crippen MR) is 64.5 cm³/mol. The van der Waals surface area contributed by atoms with Gasteiger partial charge in [0.15, 0.2) is 0 Å². The highest BCUT2D eigenvalue weighted by atomic mass is 35.5. The van der Waals surface area contributed by atoms with Crippen molar-refractivity contribution in [2.24, 2.45) is 0 Å². The van der Waals surface area contributed by atoms with Crippen LogP contribution in [0.3, 0.4) is 0 Å². The third-order valence-corrected chi connectivity index (χ3v) is 2.83. The van der Waals surface area contributed by atoms with Crippen LogP contribution in [0, 0.1) is 5.82 Å². The molecule has 2 nitrogen and oxygen atoms in total. The monoisotopic (exact) mass is 299 g/mol. The summed E-state index contributed by atoms with van der Waals surface area (Å²) in [5, 5.41) is 12.2. The van der Waals surface area contributed by atoms with Crippen LogP contribution in [0.15, 0.2) is 18.2 Å².